The Labute approximate surface area is 146 Å². The normalized spacial score (nSPS) is 11.1. The lowest BCUT2D eigenvalue weighted by molar-refractivity contribution is -0.113. The number of hydrogen-bond donors (Lipinski definition) is 2. The number of aryl methyl sites for hydroxylation is 2. The zero-order valence-electron chi connectivity index (χ0n) is 13.8. The number of thioether (sulfide) groups is 1. The van der Waals surface area contributed by atoms with Gasteiger partial charge in [-0.15, -0.1) is 11.8 Å². The van der Waals surface area contributed by atoms with Crippen molar-refractivity contribution in [2.45, 2.75) is 18.7 Å². The number of carbonyl (C=O) groups excluding carboxylic acids is 1. The maximum absolute atomic E-state index is 12.1. The highest BCUT2D eigenvalue weighted by molar-refractivity contribution is 8.00. The molecule has 0 aliphatic heterocycles. The fraction of sp³-hybridized carbons (Fsp3) is 0.235. The molecule has 0 heterocycles. The zero-order chi connectivity index (χ0) is 17.7. The highest BCUT2D eigenvalue weighted by atomic mass is 32.2. The maximum Gasteiger partial charge on any atom is 0.234 e. The Bertz CT molecular complexity index is 831. The summed E-state index contributed by atoms with van der Waals surface area (Å²) in [6.07, 6.45) is 1.09. The highest BCUT2D eigenvalue weighted by Gasteiger charge is 2.07. The second-order valence-electron chi connectivity index (χ2n) is 5.56. The lowest BCUT2D eigenvalue weighted by Gasteiger charge is -2.09. The van der Waals surface area contributed by atoms with Gasteiger partial charge < -0.3 is 5.32 Å². The van der Waals surface area contributed by atoms with Crippen LogP contribution in [0.4, 0.5) is 11.4 Å². The minimum absolute atomic E-state index is 0.107. The van der Waals surface area contributed by atoms with E-state index >= 15 is 0 Å². The summed E-state index contributed by atoms with van der Waals surface area (Å²) in [5, 5.41) is 2.80. The number of sulfonamides is 1. The van der Waals surface area contributed by atoms with Crippen molar-refractivity contribution < 1.29 is 13.2 Å². The number of anilines is 2. The lowest BCUT2D eigenvalue weighted by Crippen LogP contribution is -2.14. The molecule has 0 saturated heterocycles. The van der Waals surface area contributed by atoms with Gasteiger partial charge in [0.25, 0.3) is 0 Å². The van der Waals surface area contributed by atoms with E-state index in [1.54, 1.807) is 24.3 Å². The number of carbonyl (C=O) groups is 1. The molecule has 2 rings (SSSR count). The summed E-state index contributed by atoms with van der Waals surface area (Å²) < 4.78 is 24.7. The maximum atomic E-state index is 12.1. The fourth-order valence-corrected chi connectivity index (χ4v) is 3.53. The van der Waals surface area contributed by atoms with E-state index in [0.717, 1.165) is 22.3 Å². The minimum Gasteiger partial charge on any atom is -0.325 e. The summed E-state index contributed by atoms with van der Waals surface area (Å²) in [6, 6.07) is 12.7. The highest BCUT2D eigenvalue weighted by Crippen LogP contribution is 2.24. The van der Waals surface area contributed by atoms with E-state index in [1.807, 2.05) is 26.0 Å². The van der Waals surface area contributed by atoms with Gasteiger partial charge in [-0.2, -0.15) is 0 Å². The molecule has 0 bridgehead atoms. The van der Waals surface area contributed by atoms with E-state index in [4.69, 9.17) is 0 Å². The van der Waals surface area contributed by atoms with E-state index in [0.29, 0.717) is 17.1 Å². The summed E-state index contributed by atoms with van der Waals surface area (Å²) in [5.74, 6) is 0.206. The third-order valence-electron chi connectivity index (χ3n) is 3.17. The number of amides is 1. The second-order valence-corrected chi connectivity index (χ2v) is 8.32. The Kier molecular flexibility index (Phi) is 5.90. The molecular formula is C17H20N2O3S2. The zero-order valence-corrected chi connectivity index (χ0v) is 15.4. The number of nitrogens with one attached hydrogen (secondary N) is 2. The first-order chi connectivity index (χ1) is 11.2. The van der Waals surface area contributed by atoms with Crippen LogP contribution in [0.15, 0.2) is 47.4 Å². The van der Waals surface area contributed by atoms with Crippen molar-refractivity contribution in [3.8, 4) is 0 Å². The van der Waals surface area contributed by atoms with Crippen molar-refractivity contribution in [3.63, 3.8) is 0 Å². The van der Waals surface area contributed by atoms with E-state index in [2.05, 4.69) is 16.1 Å². The van der Waals surface area contributed by atoms with Gasteiger partial charge in [0, 0.05) is 16.3 Å². The van der Waals surface area contributed by atoms with Crippen LogP contribution in [-0.2, 0) is 14.8 Å². The van der Waals surface area contributed by atoms with Crippen molar-refractivity contribution in [2.75, 3.05) is 22.0 Å². The van der Waals surface area contributed by atoms with Gasteiger partial charge in [-0.3, -0.25) is 9.52 Å². The van der Waals surface area contributed by atoms with Crippen molar-refractivity contribution >= 4 is 39.1 Å². The summed E-state index contributed by atoms with van der Waals surface area (Å²) in [7, 11) is -3.30. The van der Waals surface area contributed by atoms with Crippen LogP contribution < -0.4 is 10.0 Å². The molecule has 2 aromatic carbocycles. The van der Waals surface area contributed by atoms with Gasteiger partial charge in [-0.25, -0.2) is 8.42 Å². The summed E-state index contributed by atoms with van der Waals surface area (Å²) in [6.45, 7) is 4.04. The first-order valence-corrected chi connectivity index (χ1v) is 10.2. The summed E-state index contributed by atoms with van der Waals surface area (Å²) in [4.78, 5) is 13.1. The van der Waals surface area contributed by atoms with Crippen LogP contribution in [0.3, 0.4) is 0 Å². The smallest absolute Gasteiger partial charge is 0.234 e. The number of hydrogen-bond acceptors (Lipinski definition) is 4. The molecule has 0 atom stereocenters. The van der Waals surface area contributed by atoms with Gasteiger partial charge in [-0.1, -0.05) is 17.7 Å². The molecule has 1 amide bonds. The van der Waals surface area contributed by atoms with Crippen LogP contribution in [0.5, 0.6) is 0 Å². The SMILES string of the molecule is Cc1ccc(C)c(SCC(=O)Nc2ccc(NS(C)(=O)=O)cc2)c1. The van der Waals surface area contributed by atoms with Crippen LogP contribution in [-0.4, -0.2) is 26.3 Å². The molecule has 0 fully saturated rings. The Hall–Kier alpha value is -1.99. The molecule has 2 aromatic rings. The van der Waals surface area contributed by atoms with Gasteiger partial charge >= 0.3 is 0 Å². The molecule has 7 heteroatoms. The van der Waals surface area contributed by atoms with E-state index in [-0.39, 0.29) is 5.91 Å². The van der Waals surface area contributed by atoms with Gasteiger partial charge in [0.2, 0.25) is 15.9 Å². The molecule has 5 nitrogen and oxygen atoms in total. The van der Waals surface area contributed by atoms with Crippen molar-refractivity contribution in [1.82, 2.24) is 0 Å². The molecule has 0 radical (unpaired) electrons. The number of rotatable bonds is 6. The van der Waals surface area contributed by atoms with Crippen LogP contribution >= 0.6 is 11.8 Å². The standard InChI is InChI=1S/C17H20N2O3S2/c1-12-4-5-13(2)16(10-12)23-11-17(20)18-14-6-8-15(9-7-14)19-24(3,21)22/h4-10,19H,11H2,1-3H3,(H,18,20). The van der Waals surface area contributed by atoms with E-state index in [1.165, 1.54) is 11.8 Å². The van der Waals surface area contributed by atoms with Gasteiger partial charge in [0.05, 0.1) is 12.0 Å². The average Bonchev–Trinajstić information content (AvgIpc) is 2.49. The van der Waals surface area contributed by atoms with Crippen molar-refractivity contribution in [1.29, 1.82) is 0 Å². The van der Waals surface area contributed by atoms with Gasteiger partial charge in [0.1, 0.15) is 0 Å². The van der Waals surface area contributed by atoms with Crippen molar-refractivity contribution in [2.24, 2.45) is 0 Å². The third kappa shape index (κ3) is 5.90. The van der Waals surface area contributed by atoms with E-state index < -0.39 is 10.0 Å². The quantitative estimate of drug-likeness (QED) is 0.770. The molecule has 0 saturated carbocycles. The van der Waals surface area contributed by atoms with Gasteiger partial charge in [0.15, 0.2) is 0 Å². The Morgan fingerprint density at radius 2 is 1.67 bits per heavy atom. The third-order valence-corrected chi connectivity index (χ3v) is 4.94. The monoisotopic (exact) mass is 364 g/mol. The van der Waals surface area contributed by atoms with Crippen LogP contribution in [0, 0.1) is 13.8 Å². The Balaban J connectivity index is 1.91. The van der Waals surface area contributed by atoms with Crippen LogP contribution in [0.1, 0.15) is 11.1 Å². The topological polar surface area (TPSA) is 75.3 Å². The molecular weight excluding hydrogens is 344 g/mol. The molecule has 2 N–H and O–H groups in total. The molecule has 24 heavy (non-hydrogen) atoms. The van der Waals surface area contributed by atoms with E-state index in [9.17, 15) is 13.2 Å². The molecule has 0 aliphatic carbocycles. The molecule has 0 unspecified atom stereocenters. The summed E-state index contributed by atoms with van der Waals surface area (Å²) in [5.41, 5.74) is 3.40. The second kappa shape index (κ2) is 7.72. The molecule has 128 valence electrons. The Morgan fingerprint density at radius 3 is 2.29 bits per heavy atom. The minimum atomic E-state index is -3.30. The largest absolute Gasteiger partial charge is 0.325 e. The predicted molar refractivity (Wildman–Crippen MR) is 100 cm³/mol. The van der Waals surface area contributed by atoms with Crippen molar-refractivity contribution in [3.05, 3.63) is 53.6 Å². The first-order valence-electron chi connectivity index (χ1n) is 7.31. The predicted octanol–water partition coefficient (Wildman–Crippen LogP) is 3.41. The Morgan fingerprint density at radius 1 is 1.04 bits per heavy atom. The van der Waals surface area contributed by atoms with Crippen LogP contribution in [0.2, 0.25) is 0 Å². The van der Waals surface area contributed by atoms with Crippen LogP contribution in [0.25, 0.3) is 0 Å². The first kappa shape index (κ1) is 18.4. The molecule has 0 aromatic heterocycles. The molecule has 0 spiro atoms. The molecule has 0 aliphatic rings. The lowest BCUT2D eigenvalue weighted by atomic mass is 10.2. The van der Waals surface area contributed by atoms with Gasteiger partial charge in [-0.05, 0) is 49.7 Å². The average molecular weight is 364 g/mol. The summed E-state index contributed by atoms with van der Waals surface area (Å²) >= 11 is 1.50. The number of benzene rings is 2. The fourth-order valence-electron chi connectivity index (χ4n) is 2.04.